The van der Waals surface area contributed by atoms with Gasteiger partial charge in [-0.3, -0.25) is 0 Å². The number of hydrogen-bond donors (Lipinski definition) is 1. The Kier molecular flexibility index (Phi) is 3.08. The van der Waals surface area contributed by atoms with Gasteiger partial charge in [-0.2, -0.15) is 0 Å². The van der Waals surface area contributed by atoms with Gasteiger partial charge in [0.2, 0.25) is 0 Å². The van der Waals surface area contributed by atoms with E-state index in [0.717, 1.165) is 6.42 Å². The molecule has 0 bridgehead atoms. The highest BCUT2D eigenvalue weighted by molar-refractivity contribution is 6.42. The third-order valence-electron chi connectivity index (χ3n) is 3.44. The third-order valence-corrected chi connectivity index (χ3v) is 4.24. The van der Waals surface area contributed by atoms with Crippen molar-refractivity contribution in [1.29, 1.82) is 0 Å². The molecule has 1 aromatic rings. The summed E-state index contributed by atoms with van der Waals surface area (Å²) in [6.07, 6.45) is 0.967. The molecule has 0 heterocycles. The summed E-state index contributed by atoms with van der Waals surface area (Å²) in [5, 5.41) is 0.987. The first kappa shape index (κ1) is 12.0. The topological polar surface area (TPSA) is 35.2 Å². The van der Waals surface area contributed by atoms with E-state index in [2.05, 4.69) is 13.8 Å². The lowest BCUT2D eigenvalue weighted by atomic mass is 9.65. The summed E-state index contributed by atoms with van der Waals surface area (Å²) in [7, 11) is 0. The first-order valence-electron chi connectivity index (χ1n) is 5.29. The molecule has 16 heavy (non-hydrogen) atoms. The van der Waals surface area contributed by atoms with Crippen molar-refractivity contribution < 1.29 is 4.74 Å². The Labute approximate surface area is 106 Å². The number of ether oxygens (including phenoxy) is 1. The van der Waals surface area contributed by atoms with Gasteiger partial charge in [0.15, 0.2) is 0 Å². The van der Waals surface area contributed by atoms with Gasteiger partial charge < -0.3 is 10.5 Å². The largest absolute Gasteiger partial charge is 0.488 e. The van der Waals surface area contributed by atoms with Crippen molar-refractivity contribution in [2.45, 2.75) is 32.4 Å². The molecule has 0 amide bonds. The first-order valence-corrected chi connectivity index (χ1v) is 6.04. The monoisotopic (exact) mass is 259 g/mol. The Morgan fingerprint density at radius 3 is 2.62 bits per heavy atom. The maximum absolute atomic E-state index is 6.06. The summed E-state index contributed by atoms with van der Waals surface area (Å²) in [6.45, 7) is 4.20. The van der Waals surface area contributed by atoms with Gasteiger partial charge in [-0.05, 0) is 12.1 Å². The normalized spacial score (nSPS) is 27.3. The van der Waals surface area contributed by atoms with Gasteiger partial charge in [0.1, 0.15) is 16.9 Å². The molecule has 0 aliphatic heterocycles. The van der Waals surface area contributed by atoms with Gasteiger partial charge in [0, 0.05) is 17.9 Å². The lowest BCUT2D eigenvalue weighted by molar-refractivity contribution is -0.0399. The van der Waals surface area contributed by atoms with E-state index in [1.54, 1.807) is 6.07 Å². The predicted octanol–water partition coefficient (Wildman–Crippen LogP) is 3.50. The van der Waals surface area contributed by atoms with E-state index in [9.17, 15) is 0 Å². The summed E-state index contributed by atoms with van der Waals surface area (Å²) in [5.74, 6) is 0.638. The average Bonchev–Trinajstić information content (AvgIpc) is 2.24. The van der Waals surface area contributed by atoms with Gasteiger partial charge >= 0.3 is 0 Å². The van der Waals surface area contributed by atoms with E-state index in [4.69, 9.17) is 33.7 Å². The summed E-state index contributed by atoms with van der Waals surface area (Å²) < 4.78 is 5.85. The van der Waals surface area contributed by atoms with Crippen LogP contribution < -0.4 is 10.5 Å². The molecular weight excluding hydrogens is 245 g/mol. The summed E-state index contributed by atoms with van der Waals surface area (Å²) in [5.41, 5.74) is 5.92. The number of rotatable bonds is 2. The van der Waals surface area contributed by atoms with Crippen molar-refractivity contribution >= 4 is 23.2 Å². The molecule has 2 nitrogen and oxygen atoms in total. The third kappa shape index (κ3) is 1.90. The minimum atomic E-state index is -0.00829. The van der Waals surface area contributed by atoms with Gasteiger partial charge in [-0.25, -0.2) is 0 Å². The highest BCUT2D eigenvalue weighted by Gasteiger charge is 2.48. The molecule has 0 saturated heterocycles. The molecule has 1 aliphatic rings. The molecule has 1 fully saturated rings. The molecule has 2 rings (SSSR count). The van der Waals surface area contributed by atoms with E-state index in [0.29, 0.717) is 15.8 Å². The number of benzene rings is 1. The summed E-state index contributed by atoms with van der Waals surface area (Å²) in [6, 6.07) is 5.59. The smallest absolute Gasteiger partial charge is 0.139 e. The minimum absolute atomic E-state index is 0.00829. The molecular formula is C12H15Cl2NO. The minimum Gasteiger partial charge on any atom is -0.488 e. The standard InChI is InChI=1S/C12H15Cl2NO/c1-12(2)9(15)6-10(12)16-8-5-3-4-7(13)11(8)14/h3-5,9-10H,6,15H2,1-2H3. The van der Waals surface area contributed by atoms with Crippen molar-refractivity contribution in [2.24, 2.45) is 11.1 Å². The van der Waals surface area contributed by atoms with Gasteiger partial charge in [-0.1, -0.05) is 43.1 Å². The maximum Gasteiger partial charge on any atom is 0.139 e. The number of nitrogens with two attached hydrogens (primary N) is 1. The van der Waals surface area contributed by atoms with E-state index >= 15 is 0 Å². The van der Waals surface area contributed by atoms with Crippen LogP contribution in [0.15, 0.2) is 18.2 Å². The van der Waals surface area contributed by atoms with Crippen LogP contribution in [0.3, 0.4) is 0 Å². The van der Waals surface area contributed by atoms with E-state index < -0.39 is 0 Å². The summed E-state index contributed by atoms with van der Waals surface area (Å²) >= 11 is 12.0. The fourth-order valence-electron chi connectivity index (χ4n) is 1.84. The van der Waals surface area contributed by atoms with Crippen LogP contribution in [0.5, 0.6) is 5.75 Å². The number of halogens is 2. The Hall–Kier alpha value is -0.440. The van der Waals surface area contributed by atoms with Crippen molar-refractivity contribution in [3.05, 3.63) is 28.2 Å². The van der Waals surface area contributed by atoms with Crippen LogP contribution in [-0.4, -0.2) is 12.1 Å². The number of hydrogen-bond acceptors (Lipinski definition) is 2. The quantitative estimate of drug-likeness (QED) is 0.883. The molecule has 0 spiro atoms. The average molecular weight is 260 g/mol. The molecule has 1 aliphatic carbocycles. The summed E-state index contributed by atoms with van der Waals surface area (Å²) in [4.78, 5) is 0. The van der Waals surface area contributed by atoms with Gasteiger partial charge in [-0.15, -0.1) is 0 Å². The van der Waals surface area contributed by atoms with Crippen molar-refractivity contribution in [1.82, 2.24) is 0 Å². The van der Waals surface area contributed by atoms with E-state index in [-0.39, 0.29) is 17.6 Å². The second-order valence-electron chi connectivity index (χ2n) is 4.82. The van der Waals surface area contributed by atoms with Crippen molar-refractivity contribution in [3.8, 4) is 5.75 Å². The van der Waals surface area contributed by atoms with Gasteiger partial charge in [0.05, 0.1) is 5.02 Å². The highest BCUT2D eigenvalue weighted by atomic mass is 35.5. The zero-order valence-electron chi connectivity index (χ0n) is 9.34. The van der Waals surface area contributed by atoms with E-state index in [1.807, 2.05) is 12.1 Å². The van der Waals surface area contributed by atoms with Crippen LogP contribution in [-0.2, 0) is 0 Å². The molecule has 88 valence electrons. The van der Waals surface area contributed by atoms with Gasteiger partial charge in [0.25, 0.3) is 0 Å². The lowest BCUT2D eigenvalue weighted by Crippen LogP contribution is -2.60. The van der Waals surface area contributed by atoms with Crippen LogP contribution in [0, 0.1) is 5.41 Å². The zero-order chi connectivity index (χ0) is 11.9. The molecule has 2 unspecified atom stereocenters. The second kappa shape index (κ2) is 4.10. The fourth-order valence-corrected chi connectivity index (χ4v) is 2.18. The Morgan fingerprint density at radius 1 is 1.38 bits per heavy atom. The molecule has 0 radical (unpaired) electrons. The Morgan fingerprint density at radius 2 is 2.06 bits per heavy atom. The molecule has 0 aromatic heterocycles. The van der Waals surface area contributed by atoms with Crippen LogP contribution in [0.1, 0.15) is 20.3 Å². The van der Waals surface area contributed by atoms with E-state index in [1.165, 1.54) is 0 Å². The van der Waals surface area contributed by atoms with Crippen LogP contribution in [0.4, 0.5) is 0 Å². The zero-order valence-corrected chi connectivity index (χ0v) is 10.8. The lowest BCUT2D eigenvalue weighted by Gasteiger charge is -2.49. The van der Waals surface area contributed by atoms with Crippen LogP contribution >= 0.6 is 23.2 Å². The van der Waals surface area contributed by atoms with Crippen molar-refractivity contribution in [2.75, 3.05) is 0 Å². The molecule has 1 saturated carbocycles. The van der Waals surface area contributed by atoms with Crippen molar-refractivity contribution in [3.63, 3.8) is 0 Å². The molecule has 1 aromatic carbocycles. The SMILES string of the molecule is CC1(C)C(N)CC1Oc1cccc(Cl)c1Cl. The van der Waals surface area contributed by atoms with Crippen LogP contribution in [0.2, 0.25) is 10.0 Å². The predicted molar refractivity (Wildman–Crippen MR) is 67.3 cm³/mol. The Balaban J connectivity index is 2.14. The maximum atomic E-state index is 6.06. The Bertz CT molecular complexity index is 406. The first-order chi connectivity index (χ1) is 7.43. The molecule has 2 N–H and O–H groups in total. The molecule has 2 atom stereocenters. The fraction of sp³-hybridized carbons (Fsp3) is 0.500. The molecule has 4 heteroatoms. The highest BCUT2D eigenvalue weighted by Crippen LogP contribution is 2.43. The van der Waals surface area contributed by atoms with Crippen LogP contribution in [0.25, 0.3) is 0 Å². The second-order valence-corrected chi connectivity index (χ2v) is 5.61.